The summed E-state index contributed by atoms with van der Waals surface area (Å²) in [7, 11) is -3.50. The zero-order chi connectivity index (χ0) is 14.9. The van der Waals surface area contributed by atoms with E-state index in [4.69, 9.17) is 0 Å². The molecule has 0 aliphatic heterocycles. The van der Waals surface area contributed by atoms with E-state index in [9.17, 15) is 8.42 Å². The van der Waals surface area contributed by atoms with Gasteiger partial charge in [0.25, 0.3) is 10.0 Å². The highest BCUT2D eigenvalue weighted by Crippen LogP contribution is 2.34. The first-order valence-corrected chi connectivity index (χ1v) is 9.26. The van der Waals surface area contributed by atoms with Crippen molar-refractivity contribution in [1.29, 1.82) is 0 Å². The molecular formula is C14H16BrNO2S2. The summed E-state index contributed by atoms with van der Waals surface area (Å²) in [5.74, 6) is 0. The van der Waals surface area contributed by atoms with Gasteiger partial charge in [-0.15, -0.1) is 11.3 Å². The Morgan fingerprint density at radius 3 is 2.45 bits per heavy atom. The second-order valence-corrected chi connectivity index (χ2v) is 8.99. The molecule has 0 N–H and O–H groups in total. The lowest BCUT2D eigenvalue weighted by Gasteiger charge is -2.22. The third-order valence-corrected chi connectivity index (χ3v) is 7.44. The van der Waals surface area contributed by atoms with Gasteiger partial charge < -0.3 is 0 Å². The average molecular weight is 374 g/mol. The minimum absolute atomic E-state index is 0.366. The van der Waals surface area contributed by atoms with E-state index >= 15 is 0 Å². The molecule has 0 atom stereocenters. The topological polar surface area (TPSA) is 37.4 Å². The van der Waals surface area contributed by atoms with Crippen molar-refractivity contribution in [1.82, 2.24) is 0 Å². The SMILES string of the molecule is CCN(c1cccc(C)c1)S(=O)(=O)c1cc(C)c(Br)s1. The molecule has 20 heavy (non-hydrogen) atoms. The molecule has 1 heterocycles. The minimum Gasteiger partial charge on any atom is -0.266 e. The maximum atomic E-state index is 12.8. The Balaban J connectivity index is 2.50. The number of rotatable bonds is 4. The van der Waals surface area contributed by atoms with Crippen LogP contribution in [-0.4, -0.2) is 15.0 Å². The Morgan fingerprint density at radius 1 is 1.25 bits per heavy atom. The number of aryl methyl sites for hydroxylation is 2. The maximum absolute atomic E-state index is 12.8. The highest BCUT2D eigenvalue weighted by molar-refractivity contribution is 9.11. The van der Waals surface area contributed by atoms with Crippen LogP contribution in [0.25, 0.3) is 0 Å². The molecule has 0 bridgehead atoms. The molecule has 2 aromatic rings. The van der Waals surface area contributed by atoms with E-state index in [2.05, 4.69) is 15.9 Å². The molecule has 0 amide bonds. The molecule has 0 radical (unpaired) electrons. The second kappa shape index (κ2) is 5.87. The zero-order valence-corrected chi connectivity index (χ0v) is 14.8. The zero-order valence-electron chi connectivity index (χ0n) is 11.6. The molecule has 0 fully saturated rings. The summed E-state index contributed by atoms with van der Waals surface area (Å²) in [6.45, 7) is 6.09. The van der Waals surface area contributed by atoms with Crippen molar-refractivity contribution in [2.45, 2.75) is 25.0 Å². The van der Waals surface area contributed by atoms with Crippen LogP contribution in [0, 0.1) is 13.8 Å². The molecule has 2 rings (SSSR count). The van der Waals surface area contributed by atoms with Gasteiger partial charge in [0.05, 0.1) is 9.47 Å². The summed E-state index contributed by atoms with van der Waals surface area (Å²) >= 11 is 4.63. The Morgan fingerprint density at radius 2 is 1.95 bits per heavy atom. The molecule has 0 saturated carbocycles. The normalized spacial score (nSPS) is 11.6. The first-order valence-electron chi connectivity index (χ1n) is 6.21. The minimum atomic E-state index is -3.50. The fourth-order valence-electron chi connectivity index (χ4n) is 1.94. The van der Waals surface area contributed by atoms with Gasteiger partial charge in [0.2, 0.25) is 0 Å². The lowest BCUT2D eigenvalue weighted by atomic mass is 10.2. The van der Waals surface area contributed by atoms with Crippen molar-refractivity contribution in [3.8, 4) is 0 Å². The monoisotopic (exact) mass is 373 g/mol. The second-order valence-electron chi connectivity index (χ2n) is 4.53. The molecule has 0 aliphatic carbocycles. The van der Waals surface area contributed by atoms with Crippen LogP contribution in [-0.2, 0) is 10.0 Å². The van der Waals surface area contributed by atoms with Gasteiger partial charge in [0.1, 0.15) is 4.21 Å². The van der Waals surface area contributed by atoms with Gasteiger partial charge in [-0.25, -0.2) is 8.42 Å². The summed E-state index contributed by atoms with van der Waals surface area (Å²) in [6.07, 6.45) is 0. The fourth-order valence-corrected chi connectivity index (χ4v) is 5.75. The van der Waals surface area contributed by atoms with E-state index in [1.807, 2.05) is 45.0 Å². The standard InChI is InChI=1S/C14H16BrNO2S2/c1-4-16(12-7-5-6-10(2)8-12)20(17,18)13-9-11(3)14(15)19-13/h5-9H,4H2,1-3H3. The molecular weight excluding hydrogens is 358 g/mol. The number of nitrogens with zero attached hydrogens (tertiary/aromatic N) is 1. The highest BCUT2D eigenvalue weighted by Gasteiger charge is 2.26. The summed E-state index contributed by atoms with van der Waals surface area (Å²) in [5, 5.41) is 0. The predicted octanol–water partition coefficient (Wildman–Crippen LogP) is 4.34. The van der Waals surface area contributed by atoms with Crippen molar-refractivity contribution < 1.29 is 8.42 Å². The molecule has 0 saturated heterocycles. The first kappa shape index (κ1) is 15.5. The van der Waals surface area contributed by atoms with Crippen LogP contribution in [0.1, 0.15) is 18.1 Å². The summed E-state index contributed by atoms with van der Waals surface area (Å²) in [6, 6.07) is 9.25. The number of hydrogen-bond donors (Lipinski definition) is 0. The number of anilines is 1. The Labute approximate surface area is 132 Å². The first-order chi connectivity index (χ1) is 9.36. The average Bonchev–Trinajstić information content (AvgIpc) is 2.71. The van der Waals surface area contributed by atoms with Crippen molar-refractivity contribution in [3.63, 3.8) is 0 Å². The van der Waals surface area contributed by atoms with Crippen LogP contribution in [0.5, 0.6) is 0 Å². The van der Waals surface area contributed by atoms with Gasteiger partial charge in [0, 0.05) is 6.54 Å². The maximum Gasteiger partial charge on any atom is 0.273 e. The van der Waals surface area contributed by atoms with Crippen molar-refractivity contribution in [2.24, 2.45) is 0 Å². The number of thiophene rings is 1. The molecule has 0 unspecified atom stereocenters. The smallest absolute Gasteiger partial charge is 0.266 e. The quantitative estimate of drug-likeness (QED) is 0.798. The van der Waals surface area contributed by atoms with Crippen molar-refractivity contribution in [3.05, 3.63) is 45.2 Å². The molecule has 1 aromatic carbocycles. The number of halogens is 1. The molecule has 1 aromatic heterocycles. The van der Waals surface area contributed by atoms with Gasteiger partial charge >= 0.3 is 0 Å². The summed E-state index contributed by atoms with van der Waals surface area (Å²) in [4.78, 5) is 0. The molecule has 6 heteroatoms. The lowest BCUT2D eigenvalue weighted by Crippen LogP contribution is -2.30. The van der Waals surface area contributed by atoms with E-state index < -0.39 is 10.0 Å². The number of sulfonamides is 1. The van der Waals surface area contributed by atoms with Crippen LogP contribution >= 0.6 is 27.3 Å². The molecule has 108 valence electrons. The Kier molecular flexibility index (Phi) is 4.56. The van der Waals surface area contributed by atoms with Gasteiger partial charge in [-0.05, 0) is 66.0 Å². The number of benzene rings is 1. The number of hydrogen-bond acceptors (Lipinski definition) is 3. The Bertz CT molecular complexity index is 703. The van der Waals surface area contributed by atoms with Crippen LogP contribution in [0.4, 0.5) is 5.69 Å². The van der Waals surface area contributed by atoms with E-state index in [1.54, 1.807) is 6.07 Å². The van der Waals surface area contributed by atoms with E-state index in [-0.39, 0.29) is 0 Å². The lowest BCUT2D eigenvalue weighted by molar-refractivity contribution is 0.594. The van der Waals surface area contributed by atoms with Crippen LogP contribution in [0.15, 0.2) is 38.3 Å². The van der Waals surface area contributed by atoms with E-state index in [0.717, 1.165) is 14.9 Å². The summed E-state index contributed by atoms with van der Waals surface area (Å²) < 4.78 is 28.2. The summed E-state index contributed by atoms with van der Waals surface area (Å²) in [5.41, 5.74) is 2.68. The van der Waals surface area contributed by atoms with Gasteiger partial charge in [0.15, 0.2) is 0 Å². The van der Waals surface area contributed by atoms with Crippen molar-refractivity contribution >= 4 is 43.0 Å². The molecule has 0 aliphatic rings. The van der Waals surface area contributed by atoms with E-state index in [0.29, 0.717) is 16.4 Å². The largest absolute Gasteiger partial charge is 0.273 e. The third kappa shape index (κ3) is 2.92. The highest BCUT2D eigenvalue weighted by atomic mass is 79.9. The molecule has 0 spiro atoms. The fraction of sp³-hybridized carbons (Fsp3) is 0.286. The predicted molar refractivity (Wildman–Crippen MR) is 88.1 cm³/mol. The van der Waals surface area contributed by atoms with Crippen LogP contribution in [0.3, 0.4) is 0 Å². The van der Waals surface area contributed by atoms with E-state index in [1.165, 1.54) is 15.6 Å². The Hall–Kier alpha value is -0.850. The third-order valence-electron chi connectivity index (χ3n) is 2.96. The molecule has 3 nitrogen and oxygen atoms in total. The van der Waals surface area contributed by atoms with Crippen LogP contribution in [0.2, 0.25) is 0 Å². The van der Waals surface area contributed by atoms with Crippen LogP contribution < -0.4 is 4.31 Å². The van der Waals surface area contributed by atoms with Gasteiger partial charge in [-0.1, -0.05) is 12.1 Å². The van der Waals surface area contributed by atoms with Gasteiger partial charge in [-0.3, -0.25) is 4.31 Å². The van der Waals surface area contributed by atoms with Crippen molar-refractivity contribution in [2.75, 3.05) is 10.8 Å². The van der Waals surface area contributed by atoms with Gasteiger partial charge in [-0.2, -0.15) is 0 Å².